The van der Waals surface area contributed by atoms with E-state index in [9.17, 15) is 14.4 Å². The smallest absolute Gasteiger partial charge is 0.325 e. The molecule has 0 radical (unpaired) electrons. The van der Waals surface area contributed by atoms with Crippen molar-refractivity contribution in [2.24, 2.45) is 0 Å². The minimum atomic E-state index is -0.484. The summed E-state index contributed by atoms with van der Waals surface area (Å²) >= 11 is 1.44. The summed E-state index contributed by atoms with van der Waals surface area (Å²) in [6.07, 6.45) is 1.63. The second kappa shape index (κ2) is 7.34. The number of nitrogens with one attached hydrogen (secondary N) is 1. The first-order chi connectivity index (χ1) is 12.7. The van der Waals surface area contributed by atoms with Gasteiger partial charge < -0.3 is 10.1 Å². The molecule has 1 N–H and O–H groups in total. The van der Waals surface area contributed by atoms with Gasteiger partial charge in [-0.05, 0) is 27.7 Å². The average Bonchev–Trinajstić information content (AvgIpc) is 3.18. The van der Waals surface area contributed by atoms with Gasteiger partial charge in [-0.1, -0.05) is 11.8 Å². The van der Waals surface area contributed by atoms with E-state index < -0.39 is 5.97 Å². The Morgan fingerprint density at radius 3 is 2.81 bits per heavy atom. The van der Waals surface area contributed by atoms with Crippen molar-refractivity contribution in [3.63, 3.8) is 0 Å². The van der Waals surface area contributed by atoms with Crippen LogP contribution in [0.25, 0.3) is 11.0 Å². The van der Waals surface area contributed by atoms with E-state index in [1.807, 2.05) is 20.8 Å². The van der Waals surface area contributed by atoms with Crippen LogP contribution < -0.4 is 10.9 Å². The second-order valence-corrected chi connectivity index (χ2v) is 8.27. The predicted octanol–water partition coefficient (Wildman–Crippen LogP) is 1.06. The predicted molar refractivity (Wildman–Crippen MR) is 101 cm³/mol. The fourth-order valence-electron chi connectivity index (χ4n) is 2.94. The first-order valence-corrected chi connectivity index (χ1v) is 9.76. The lowest BCUT2D eigenvalue weighted by molar-refractivity contribution is -0.143. The number of ether oxygens (including phenoxy) is 1. The number of thioether (sulfide) groups is 1. The second-order valence-electron chi connectivity index (χ2n) is 7.28. The zero-order valence-corrected chi connectivity index (χ0v) is 16.6. The number of nitrogens with zero attached hydrogens (tertiary/aromatic N) is 4. The molecular weight excluding hydrogens is 370 g/mol. The van der Waals surface area contributed by atoms with E-state index in [1.54, 1.807) is 16.2 Å². The van der Waals surface area contributed by atoms with Crippen LogP contribution in [0.15, 0.2) is 16.1 Å². The van der Waals surface area contributed by atoms with Gasteiger partial charge in [-0.2, -0.15) is 5.10 Å². The Kier molecular flexibility index (Phi) is 5.27. The fraction of sp³-hybridized carbons (Fsp3) is 0.588. The van der Waals surface area contributed by atoms with Crippen molar-refractivity contribution in [3.8, 4) is 0 Å². The van der Waals surface area contributed by atoms with Gasteiger partial charge in [-0.15, -0.1) is 0 Å². The van der Waals surface area contributed by atoms with E-state index in [-0.39, 0.29) is 42.6 Å². The van der Waals surface area contributed by atoms with Crippen molar-refractivity contribution in [1.82, 2.24) is 24.6 Å². The largest absolute Gasteiger partial charge is 0.465 e. The van der Waals surface area contributed by atoms with Gasteiger partial charge in [0.05, 0.1) is 24.4 Å². The fourth-order valence-corrected chi connectivity index (χ4v) is 4.07. The highest BCUT2D eigenvalue weighted by Crippen LogP contribution is 2.33. The van der Waals surface area contributed by atoms with Gasteiger partial charge in [0.15, 0.2) is 10.8 Å². The molecule has 2 aromatic rings. The normalized spacial score (nSPS) is 16.4. The van der Waals surface area contributed by atoms with E-state index in [0.717, 1.165) is 0 Å². The summed E-state index contributed by atoms with van der Waals surface area (Å²) in [5.74, 6) is -0.217. The molecule has 1 unspecified atom stereocenters. The summed E-state index contributed by atoms with van der Waals surface area (Å²) in [5.41, 5.74) is 0.0628. The summed E-state index contributed by atoms with van der Waals surface area (Å²) < 4.78 is 8.09. The van der Waals surface area contributed by atoms with Crippen molar-refractivity contribution >= 4 is 34.7 Å². The van der Waals surface area contributed by atoms with Gasteiger partial charge in [0.2, 0.25) is 5.91 Å². The van der Waals surface area contributed by atoms with Gasteiger partial charge in [0.1, 0.15) is 11.9 Å². The van der Waals surface area contributed by atoms with E-state index >= 15 is 0 Å². The van der Waals surface area contributed by atoms with Gasteiger partial charge in [-0.25, -0.2) is 9.67 Å². The minimum Gasteiger partial charge on any atom is -0.465 e. The summed E-state index contributed by atoms with van der Waals surface area (Å²) in [6.45, 7) is 7.78. The minimum absolute atomic E-state index is 0.0971. The number of amides is 1. The maximum absolute atomic E-state index is 13.0. The molecule has 2 aromatic heterocycles. The molecule has 0 bridgehead atoms. The third-order valence-electron chi connectivity index (χ3n) is 4.16. The Morgan fingerprint density at radius 2 is 2.15 bits per heavy atom. The standard InChI is InChI=1S/C17H23N5O4S/c1-5-26-13(24)8-18-12(23)6-10-9-27-16-20-14-11(15(25)21(10)16)7-19-22(14)17(2,3)4/h7,10H,5-6,8-9H2,1-4H3,(H,18,23). The molecule has 27 heavy (non-hydrogen) atoms. The van der Waals surface area contributed by atoms with Crippen LogP contribution in [0, 0.1) is 0 Å². The zero-order chi connectivity index (χ0) is 19.8. The van der Waals surface area contributed by atoms with Crippen molar-refractivity contribution in [3.05, 3.63) is 16.6 Å². The summed E-state index contributed by atoms with van der Waals surface area (Å²) in [6, 6.07) is -0.311. The van der Waals surface area contributed by atoms with Crippen LogP contribution in [0.5, 0.6) is 0 Å². The topological polar surface area (TPSA) is 108 Å². The maximum atomic E-state index is 13.0. The number of carbonyl (C=O) groups is 2. The Labute approximate surface area is 160 Å². The third-order valence-corrected chi connectivity index (χ3v) is 5.26. The highest BCUT2D eigenvalue weighted by atomic mass is 32.2. The van der Waals surface area contributed by atoms with E-state index in [2.05, 4.69) is 15.4 Å². The van der Waals surface area contributed by atoms with E-state index in [4.69, 9.17) is 4.74 Å². The lowest BCUT2D eigenvalue weighted by atomic mass is 10.1. The highest BCUT2D eigenvalue weighted by molar-refractivity contribution is 7.99. The maximum Gasteiger partial charge on any atom is 0.325 e. The number of rotatable bonds is 5. The lowest BCUT2D eigenvalue weighted by Crippen LogP contribution is -2.34. The third kappa shape index (κ3) is 3.85. The van der Waals surface area contributed by atoms with Crippen LogP contribution in [0.2, 0.25) is 0 Å². The SMILES string of the molecule is CCOC(=O)CNC(=O)CC1CSc2nc3c(cnn3C(C)(C)C)c(=O)n21. The van der Waals surface area contributed by atoms with Crippen molar-refractivity contribution in [2.75, 3.05) is 18.9 Å². The van der Waals surface area contributed by atoms with Crippen LogP contribution in [0.3, 0.4) is 0 Å². The molecule has 1 amide bonds. The average molecular weight is 393 g/mol. The van der Waals surface area contributed by atoms with Gasteiger partial charge in [0, 0.05) is 12.2 Å². The monoisotopic (exact) mass is 393 g/mol. The Bertz CT molecular complexity index is 943. The van der Waals surface area contributed by atoms with Gasteiger partial charge in [-0.3, -0.25) is 19.0 Å². The molecule has 0 spiro atoms. The summed E-state index contributed by atoms with van der Waals surface area (Å²) in [7, 11) is 0. The number of fused-ring (bicyclic) bond motifs is 2. The van der Waals surface area contributed by atoms with Crippen LogP contribution in [-0.4, -0.2) is 50.1 Å². The zero-order valence-electron chi connectivity index (χ0n) is 15.8. The molecule has 3 rings (SSSR count). The quantitative estimate of drug-likeness (QED) is 0.598. The molecule has 0 aromatic carbocycles. The molecule has 1 atom stereocenters. The molecule has 3 heterocycles. The summed E-state index contributed by atoms with van der Waals surface area (Å²) in [4.78, 5) is 41.1. The van der Waals surface area contributed by atoms with E-state index in [1.165, 1.54) is 18.0 Å². The highest BCUT2D eigenvalue weighted by Gasteiger charge is 2.30. The number of carbonyl (C=O) groups excluding carboxylic acids is 2. The Morgan fingerprint density at radius 1 is 1.41 bits per heavy atom. The number of hydrogen-bond acceptors (Lipinski definition) is 7. The van der Waals surface area contributed by atoms with Gasteiger partial charge in [0.25, 0.3) is 5.56 Å². The molecule has 0 saturated carbocycles. The van der Waals surface area contributed by atoms with E-state index in [0.29, 0.717) is 21.9 Å². The molecule has 9 nitrogen and oxygen atoms in total. The molecule has 1 aliphatic heterocycles. The molecule has 1 aliphatic rings. The number of hydrogen-bond donors (Lipinski definition) is 1. The first kappa shape index (κ1) is 19.4. The van der Waals surface area contributed by atoms with Crippen molar-refractivity contribution < 1.29 is 14.3 Å². The molecule has 0 saturated heterocycles. The number of aromatic nitrogens is 4. The molecule has 0 fully saturated rings. The molecule has 10 heteroatoms. The lowest BCUT2D eigenvalue weighted by Gasteiger charge is -2.20. The van der Waals surface area contributed by atoms with Crippen LogP contribution in [0.4, 0.5) is 0 Å². The Hall–Kier alpha value is -2.36. The van der Waals surface area contributed by atoms with Crippen LogP contribution >= 0.6 is 11.8 Å². The Balaban J connectivity index is 1.82. The van der Waals surface area contributed by atoms with Crippen molar-refractivity contribution in [1.29, 1.82) is 0 Å². The molecule has 0 aliphatic carbocycles. The first-order valence-electron chi connectivity index (χ1n) is 8.78. The summed E-state index contributed by atoms with van der Waals surface area (Å²) in [5, 5.41) is 7.87. The van der Waals surface area contributed by atoms with Crippen LogP contribution in [-0.2, 0) is 19.9 Å². The number of esters is 1. The molecular formula is C17H23N5O4S. The van der Waals surface area contributed by atoms with Crippen molar-refractivity contribution in [2.45, 2.75) is 50.9 Å². The molecule has 146 valence electrons. The van der Waals surface area contributed by atoms with Crippen LogP contribution in [0.1, 0.15) is 40.2 Å². The van der Waals surface area contributed by atoms with Gasteiger partial charge >= 0.3 is 5.97 Å².